The summed E-state index contributed by atoms with van der Waals surface area (Å²) in [5, 5.41) is 11.9. The summed E-state index contributed by atoms with van der Waals surface area (Å²) in [5.41, 5.74) is 0.465. The zero-order chi connectivity index (χ0) is 13.5. The van der Waals surface area contributed by atoms with Crippen LogP contribution in [0.5, 0.6) is 0 Å². The molecule has 0 unspecified atom stereocenters. The first-order chi connectivity index (χ1) is 8.54. The molecule has 0 aliphatic rings. The van der Waals surface area contributed by atoms with E-state index in [2.05, 4.69) is 21.2 Å². The quantitative estimate of drug-likeness (QED) is 0.811. The number of carboxylic acid groups (broad SMARTS) is 1. The fraction of sp³-hybridized carbons (Fsp3) is 0.462. The van der Waals surface area contributed by atoms with Crippen molar-refractivity contribution in [1.82, 2.24) is 5.32 Å². The third-order valence-electron chi connectivity index (χ3n) is 2.69. The van der Waals surface area contributed by atoms with E-state index in [9.17, 15) is 9.18 Å². The maximum absolute atomic E-state index is 13.5. The zero-order valence-electron chi connectivity index (χ0n) is 10.2. The van der Waals surface area contributed by atoms with E-state index < -0.39 is 12.0 Å². The van der Waals surface area contributed by atoms with Crippen molar-refractivity contribution in [1.29, 1.82) is 0 Å². The van der Waals surface area contributed by atoms with Gasteiger partial charge in [-0.3, -0.25) is 4.79 Å². The number of carbonyl (C=O) groups is 1. The van der Waals surface area contributed by atoms with E-state index in [0.717, 1.165) is 17.3 Å². The number of carboxylic acids is 1. The molecule has 0 heterocycles. The predicted molar refractivity (Wildman–Crippen MR) is 71.9 cm³/mol. The van der Waals surface area contributed by atoms with E-state index in [1.54, 1.807) is 12.1 Å². The number of halogens is 2. The van der Waals surface area contributed by atoms with Gasteiger partial charge in [-0.15, -0.1) is 0 Å². The van der Waals surface area contributed by atoms with Crippen molar-refractivity contribution in [2.45, 2.75) is 38.8 Å². The first-order valence-corrected chi connectivity index (χ1v) is 6.74. The highest BCUT2D eigenvalue weighted by atomic mass is 79.9. The van der Waals surface area contributed by atoms with Gasteiger partial charge in [0, 0.05) is 16.6 Å². The second-order valence-corrected chi connectivity index (χ2v) is 5.07. The Balaban J connectivity index is 2.60. The Morgan fingerprint density at radius 3 is 2.89 bits per heavy atom. The van der Waals surface area contributed by atoms with E-state index in [4.69, 9.17) is 5.11 Å². The molecule has 1 atom stereocenters. The molecule has 0 aromatic heterocycles. The van der Waals surface area contributed by atoms with E-state index in [1.165, 1.54) is 6.07 Å². The fourth-order valence-corrected chi connectivity index (χ4v) is 2.04. The smallest absolute Gasteiger partial charge is 0.320 e. The van der Waals surface area contributed by atoms with Crippen molar-refractivity contribution in [3.05, 3.63) is 34.1 Å². The molecule has 0 aliphatic carbocycles. The maximum Gasteiger partial charge on any atom is 0.320 e. The monoisotopic (exact) mass is 317 g/mol. The molecular weight excluding hydrogens is 301 g/mol. The van der Waals surface area contributed by atoms with Crippen LogP contribution in [0.4, 0.5) is 4.39 Å². The van der Waals surface area contributed by atoms with Gasteiger partial charge in [-0.25, -0.2) is 4.39 Å². The Hall–Kier alpha value is -0.940. The van der Waals surface area contributed by atoms with Crippen molar-refractivity contribution >= 4 is 21.9 Å². The Morgan fingerprint density at radius 1 is 1.56 bits per heavy atom. The van der Waals surface area contributed by atoms with Crippen LogP contribution >= 0.6 is 15.9 Å². The first-order valence-electron chi connectivity index (χ1n) is 5.94. The molecule has 0 bridgehead atoms. The summed E-state index contributed by atoms with van der Waals surface area (Å²) in [7, 11) is 0. The number of aliphatic carboxylic acids is 1. The van der Waals surface area contributed by atoms with Gasteiger partial charge in [0.05, 0.1) is 0 Å². The van der Waals surface area contributed by atoms with Crippen LogP contribution in [0.25, 0.3) is 0 Å². The van der Waals surface area contributed by atoms with Crippen LogP contribution in [-0.2, 0) is 11.3 Å². The van der Waals surface area contributed by atoms with Gasteiger partial charge in [-0.05, 0) is 24.6 Å². The van der Waals surface area contributed by atoms with Crippen molar-refractivity contribution < 1.29 is 14.3 Å². The molecule has 0 saturated heterocycles. The number of unbranched alkanes of at least 4 members (excludes halogenated alkanes) is 1. The molecular formula is C13H17BrFNO2. The molecule has 0 fully saturated rings. The normalized spacial score (nSPS) is 12.4. The summed E-state index contributed by atoms with van der Waals surface area (Å²) in [4.78, 5) is 11.0. The maximum atomic E-state index is 13.5. The van der Waals surface area contributed by atoms with E-state index in [1.807, 2.05) is 6.92 Å². The summed E-state index contributed by atoms with van der Waals surface area (Å²) in [6.45, 7) is 2.22. The molecule has 1 aromatic carbocycles. The molecule has 100 valence electrons. The van der Waals surface area contributed by atoms with Gasteiger partial charge >= 0.3 is 5.97 Å². The van der Waals surface area contributed by atoms with Crippen LogP contribution in [0.2, 0.25) is 0 Å². The number of benzene rings is 1. The highest BCUT2D eigenvalue weighted by Crippen LogP contribution is 2.15. The van der Waals surface area contributed by atoms with E-state index >= 15 is 0 Å². The number of hydrogen-bond donors (Lipinski definition) is 2. The van der Waals surface area contributed by atoms with Crippen LogP contribution in [0.1, 0.15) is 31.7 Å². The van der Waals surface area contributed by atoms with Gasteiger partial charge in [0.1, 0.15) is 11.9 Å². The van der Waals surface area contributed by atoms with Crippen LogP contribution in [-0.4, -0.2) is 17.1 Å². The van der Waals surface area contributed by atoms with Crippen LogP contribution in [0.3, 0.4) is 0 Å². The van der Waals surface area contributed by atoms with Gasteiger partial charge in [0.15, 0.2) is 0 Å². The molecule has 0 saturated carbocycles. The summed E-state index contributed by atoms with van der Waals surface area (Å²) < 4.78 is 14.2. The third-order valence-corrected chi connectivity index (χ3v) is 3.18. The second-order valence-electron chi connectivity index (χ2n) is 4.15. The average molecular weight is 318 g/mol. The Labute approximate surface area is 115 Å². The number of rotatable bonds is 7. The third kappa shape index (κ3) is 4.74. The lowest BCUT2D eigenvalue weighted by Crippen LogP contribution is -2.36. The Morgan fingerprint density at radius 2 is 2.28 bits per heavy atom. The fourth-order valence-electron chi connectivity index (χ4n) is 1.63. The van der Waals surface area contributed by atoms with Crippen molar-refractivity contribution in [2.24, 2.45) is 0 Å². The van der Waals surface area contributed by atoms with Crippen LogP contribution in [0.15, 0.2) is 22.7 Å². The summed E-state index contributed by atoms with van der Waals surface area (Å²) in [6, 6.07) is 4.01. The predicted octanol–water partition coefficient (Wildman–Crippen LogP) is 3.32. The minimum Gasteiger partial charge on any atom is -0.480 e. The molecule has 2 N–H and O–H groups in total. The lowest BCUT2D eigenvalue weighted by molar-refractivity contribution is -0.139. The number of hydrogen-bond acceptors (Lipinski definition) is 2. The van der Waals surface area contributed by atoms with Crippen LogP contribution in [0, 0.1) is 5.82 Å². The lowest BCUT2D eigenvalue weighted by atomic mass is 10.1. The summed E-state index contributed by atoms with van der Waals surface area (Å²) in [5.74, 6) is -1.22. The molecule has 0 aliphatic heterocycles. The van der Waals surface area contributed by atoms with E-state index in [-0.39, 0.29) is 12.4 Å². The van der Waals surface area contributed by atoms with Gasteiger partial charge in [0.2, 0.25) is 0 Å². The van der Waals surface area contributed by atoms with Gasteiger partial charge in [0.25, 0.3) is 0 Å². The molecule has 0 spiro atoms. The van der Waals surface area contributed by atoms with Gasteiger partial charge in [-0.1, -0.05) is 35.7 Å². The highest BCUT2D eigenvalue weighted by Gasteiger charge is 2.16. The molecule has 3 nitrogen and oxygen atoms in total. The van der Waals surface area contributed by atoms with Gasteiger partial charge < -0.3 is 10.4 Å². The SMILES string of the molecule is CCCC[C@H](NCc1cc(Br)ccc1F)C(=O)O. The molecule has 5 heteroatoms. The topological polar surface area (TPSA) is 49.3 Å². The molecule has 18 heavy (non-hydrogen) atoms. The Kier molecular flexibility index (Phi) is 6.29. The number of nitrogens with one attached hydrogen (secondary N) is 1. The average Bonchev–Trinajstić information content (AvgIpc) is 2.33. The standard InChI is InChI=1S/C13H17BrFNO2/c1-2-3-4-12(13(17)18)16-8-9-7-10(14)5-6-11(9)15/h5-7,12,16H,2-4,8H2,1H3,(H,17,18)/t12-/m0/s1. The second kappa shape index (κ2) is 7.48. The highest BCUT2D eigenvalue weighted by molar-refractivity contribution is 9.10. The first kappa shape index (κ1) is 15.1. The minimum atomic E-state index is -0.890. The zero-order valence-corrected chi connectivity index (χ0v) is 11.8. The molecule has 1 rings (SSSR count). The van der Waals surface area contributed by atoms with E-state index in [0.29, 0.717) is 12.0 Å². The lowest BCUT2D eigenvalue weighted by Gasteiger charge is -2.14. The van der Waals surface area contributed by atoms with Gasteiger partial charge in [-0.2, -0.15) is 0 Å². The summed E-state index contributed by atoms with van der Waals surface area (Å²) in [6.07, 6.45) is 2.34. The minimum absolute atomic E-state index is 0.214. The Bertz CT molecular complexity index is 412. The largest absolute Gasteiger partial charge is 0.480 e. The summed E-state index contributed by atoms with van der Waals surface area (Å²) >= 11 is 3.26. The molecule has 0 radical (unpaired) electrons. The van der Waals surface area contributed by atoms with Crippen molar-refractivity contribution in [2.75, 3.05) is 0 Å². The molecule has 1 aromatic rings. The van der Waals surface area contributed by atoms with Crippen LogP contribution < -0.4 is 5.32 Å². The van der Waals surface area contributed by atoms with Crippen molar-refractivity contribution in [3.63, 3.8) is 0 Å². The molecule has 0 amide bonds. The van der Waals surface area contributed by atoms with Crippen molar-refractivity contribution in [3.8, 4) is 0 Å².